The SMILES string of the molecule is C=C(NC(=NC)S(=O)(=O)F)C(F)(OC(F)(F)C(F)(F)C(F)(F)F)C(F)(F)F. The average Bonchev–Trinajstić information content (AvgIpc) is 2.39. The Morgan fingerprint density at radius 3 is 1.59 bits per heavy atom. The Labute approximate surface area is 141 Å². The molecule has 1 unspecified atom stereocenters. The number of aliphatic imine (C=N–C) groups is 1. The minimum Gasteiger partial charge on any atom is -0.327 e. The first kappa shape index (κ1) is 25.3. The molecule has 5 nitrogen and oxygen atoms in total. The summed E-state index contributed by atoms with van der Waals surface area (Å²) in [5.74, 6) is -13.6. The molecule has 0 aromatic rings. The van der Waals surface area contributed by atoms with Crippen LogP contribution >= 0.6 is 0 Å². The van der Waals surface area contributed by atoms with E-state index in [0.29, 0.717) is 12.4 Å². The van der Waals surface area contributed by atoms with Gasteiger partial charge in [0, 0.05) is 7.05 Å². The first-order chi connectivity index (χ1) is 11.5. The fourth-order valence-electron chi connectivity index (χ4n) is 1.13. The fraction of sp³-hybridized carbons (Fsp3) is 0.667. The topological polar surface area (TPSA) is 67.8 Å². The van der Waals surface area contributed by atoms with Gasteiger partial charge < -0.3 is 5.32 Å². The van der Waals surface area contributed by atoms with Crippen molar-refractivity contribution in [2.75, 3.05) is 7.05 Å². The van der Waals surface area contributed by atoms with Crippen LogP contribution in [0.4, 0.5) is 52.2 Å². The number of nitrogens with one attached hydrogen (secondary N) is 1. The number of nitrogens with zero attached hydrogens (tertiary/aromatic N) is 1. The first-order valence-corrected chi connectivity index (χ1v) is 7.09. The van der Waals surface area contributed by atoms with E-state index in [9.17, 15) is 60.6 Å². The highest BCUT2D eigenvalue weighted by Crippen LogP contribution is 2.52. The lowest BCUT2D eigenvalue weighted by molar-refractivity contribution is -0.475. The third-order valence-electron chi connectivity index (χ3n) is 2.43. The van der Waals surface area contributed by atoms with Gasteiger partial charge in [-0.2, -0.15) is 56.7 Å². The Balaban J connectivity index is 6.19. The summed E-state index contributed by atoms with van der Waals surface area (Å²) in [6, 6.07) is 0. The van der Waals surface area contributed by atoms with Crippen LogP contribution in [0.3, 0.4) is 0 Å². The summed E-state index contributed by atoms with van der Waals surface area (Å²) >= 11 is 0. The molecule has 0 saturated heterocycles. The largest absolute Gasteiger partial charge is 0.462 e. The standard InChI is InChI=1S/C9H6F12N2O3S/c1-3(23-4(22-2)27(21,24)25)5(10,7(13,14)15)26-9(19,20)6(11,12)8(16,17)18/h1H2,2H3,(H,22,23). The zero-order valence-corrected chi connectivity index (χ0v) is 13.1. The zero-order valence-electron chi connectivity index (χ0n) is 12.3. The third kappa shape index (κ3) is 4.96. The van der Waals surface area contributed by atoms with Gasteiger partial charge in [-0.05, 0) is 0 Å². The summed E-state index contributed by atoms with van der Waals surface area (Å²) in [4.78, 5) is 2.46. The highest BCUT2D eigenvalue weighted by atomic mass is 32.3. The molecular weight excluding hydrogens is 444 g/mol. The number of amidine groups is 1. The van der Waals surface area contributed by atoms with Gasteiger partial charge in [0.25, 0.3) is 5.17 Å². The molecule has 0 saturated carbocycles. The van der Waals surface area contributed by atoms with E-state index < -0.39 is 51.3 Å². The van der Waals surface area contributed by atoms with Crippen LogP contribution in [0.15, 0.2) is 17.3 Å². The van der Waals surface area contributed by atoms with Crippen LogP contribution in [0.2, 0.25) is 0 Å². The molecule has 0 aliphatic heterocycles. The predicted octanol–water partition coefficient (Wildman–Crippen LogP) is 3.41. The summed E-state index contributed by atoms with van der Waals surface area (Å²) in [5, 5.41) is -1.59. The van der Waals surface area contributed by atoms with Gasteiger partial charge in [0.05, 0.1) is 5.70 Å². The van der Waals surface area contributed by atoms with Crippen molar-refractivity contribution in [1.29, 1.82) is 0 Å². The van der Waals surface area contributed by atoms with Crippen LogP contribution in [-0.2, 0) is 15.0 Å². The number of hydrogen-bond acceptors (Lipinski definition) is 4. The minimum absolute atomic E-state index is 0.382. The molecule has 0 fully saturated rings. The Morgan fingerprint density at radius 2 is 1.33 bits per heavy atom. The van der Waals surface area contributed by atoms with Crippen LogP contribution in [0.1, 0.15) is 0 Å². The Bertz CT molecular complexity index is 711. The fourth-order valence-corrected chi connectivity index (χ4v) is 1.59. The maximum absolute atomic E-state index is 13.9. The molecule has 0 aliphatic carbocycles. The van der Waals surface area contributed by atoms with Crippen LogP contribution in [0.25, 0.3) is 0 Å². The summed E-state index contributed by atoms with van der Waals surface area (Å²) in [6.45, 7) is 2.02. The Morgan fingerprint density at radius 1 is 0.926 bits per heavy atom. The van der Waals surface area contributed by atoms with Gasteiger partial charge in [-0.15, -0.1) is 0 Å². The van der Waals surface area contributed by atoms with E-state index in [1.165, 1.54) is 0 Å². The van der Waals surface area contributed by atoms with Gasteiger partial charge in [-0.3, -0.25) is 9.73 Å². The number of ether oxygens (including phenoxy) is 1. The lowest BCUT2D eigenvalue weighted by Gasteiger charge is -2.35. The molecule has 160 valence electrons. The lowest BCUT2D eigenvalue weighted by Crippen LogP contribution is -2.61. The second-order valence-electron chi connectivity index (χ2n) is 4.35. The van der Waals surface area contributed by atoms with E-state index in [1.807, 2.05) is 6.58 Å². The van der Waals surface area contributed by atoms with Gasteiger partial charge in [0.2, 0.25) is 0 Å². The molecule has 0 aromatic carbocycles. The molecule has 0 aliphatic rings. The number of hydrogen-bond donors (Lipinski definition) is 1. The van der Waals surface area contributed by atoms with Crippen molar-refractivity contribution in [3.63, 3.8) is 0 Å². The monoisotopic (exact) mass is 450 g/mol. The number of rotatable bonds is 5. The smallest absolute Gasteiger partial charge is 0.327 e. The van der Waals surface area contributed by atoms with E-state index in [-0.39, 0.29) is 0 Å². The first-order valence-electron chi connectivity index (χ1n) is 5.70. The van der Waals surface area contributed by atoms with E-state index in [1.54, 1.807) is 0 Å². The van der Waals surface area contributed by atoms with Gasteiger partial charge in [0.15, 0.2) is 0 Å². The van der Waals surface area contributed by atoms with Gasteiger partial charge in [-0.25, -0.2) is 0 Å². The summed E-state index contributed by atoms with van der Waals surface area (Å²) in [5.41, 5.74) is -2.74. The van der Waals surface area contributed by atoms with Crippen molar-refractivity contribution in [1.82, 2.24) is 5.32 Å². The molecule has 0 spiro atoms. The van der Waals surface area contributed by atoms with Crippen molar-refractivity contribution >= 4 is 15.4 Å². The maximum Gasteiger partial charge on any atom is 0.462 e. The van der Waals surface area contributed by atoms with Crippen molar-refractivity contribution in [3.05, 3.63) is 12.3 Å². The lowest BCUT2D eigenvalue weighted by atomic mass is 10.2. The van der Waals surface area contributed by atoms with Crippen LogP contribution in [0.5, 0.6) is 0 Å². The van der Waals surface area contributed by atoms with Gasteiger partial charge >= 0.3 is 40.5 Å². The van der Waals surface area contributed by atoms with E-state index in [2.05, 4.69) is 9.73 Å². The molecular formula is C9H6F12N2O3S. The van der Waals surface area contributed by atoms with Crippen LogP contribution in [0, 0.1) is 0 Å². The minimum atomic E-state index is -7.32. The molecule has 0 amide bonds. The third-order valence-corrected chi connectivity index (χ3v) is 3.18. The van der Waals surface area contributed by atoms with Crippen molar-refractivity contribution in [2.45, 2.75) is 30.2 Å². The van der Waals surface area contributed by atoms with Gasteiger partial charge in [-0.1, -0.05) is 10.5 Å². The molecule has 27 heavy (non-hydrogen) atoms. The highest BCUT2D eigenvalue weighted by molar-refractivity contribution is 8.01. The molecule has 0 rings (SSSR count). The molecule has 1 atom stereocenters. The van der Waals surface area contributed by atoms with Gasteiger partial charge in [0.1, 0.15) is 0 Å². The molecule has 18 heteroatoms. The average molecular weight is 450 g/mol. The number of alkyl halides is 11. The Kier molecular flexibility index (Phi) is 6.58. The van der Waals surface area contributed by atoms with Crippen molar-refractivity contribution in [3.8, 4) is 0 Å². The molecule has 0 bridgehead atoms. The van der Waals surface area contributed by atoms with Crippen LogP contribution < -0.4 is 5.32 Å². The zero-order chi connectivity index (χ0) is 22.3. The summed E-state index contributed by atoms with van der Waals surface area (Å²) < 4.78 is 175. The number of halogens is 12. The summed E-state index contributed by atoms with van der Waals surface area (Å²) in [6.07, 6.45) is -21.2. The van der Waals surface area contributed by atoms with Crippen molar-refractivity contribution in [2.24, 2.45) is 4.99 Å². The molecule has 0 radical (unpaired) electrons. The Hall–Kier alpha value is -1.72. The maximum atomic E-state index is 13.9. The van der Waals surface area contributed by atoms with Crippen LogP contribution in [-0.4, -0.2) is 50.9 Å². The second kappa shape index (κ2) is 7.02. The van der Waals surface area contributed by atoms with E-state index in [4.69, 9.17) is 0 Å². The quantitative estimate of drug-likeness (QED) is 0.302. The summed E-state index contributed by atoms with van der Waals surface area (Å²) in [7, 11) is -5.66. The predicted molar refractivity (Wildman–Crippen MR) is 62.6 cm³/mol. The van der Waals surface area contributed by atoms with E-state index >= 15 is 0 Å². The second-order valence-corrected chi connectivity index (χ2v) is 5.62. The normalized spacial score (nSPS) is 17.4. The molecule has 0 aromatic heterocycles. The van der Waals surface area contributed by atoms with E-state index in [0.717, 1.165) is 0 Å². The highest BCUT2D eigenvalue weighted by Gasteiger charge is 2.78. The molecule has 1 N–H and O–H groups in total. The molecule has 0 heterocycles. The van der Waals surface area contributed by atoms with Crippen molar-refractivity contribution < 1.29 is 65.3 Å².